The minimum absolute atomic E-state index is 0.330. The van der Waals surface area contributed by atoms with Crippen molar-refractivity contribution in [3.63, 3.8) is 0 Å². The summed E-state index contributed by atoms with van der Waals surface area (Å²) in [6.07, 6.45) is 6.35. The summed E-state index contributed by atoms with van der Waals surface area (Å²) in [5.74, 6) is 0.589. The van der Waals surface area contributed by atoms with E-state index in [-0.39, 0.29) is 0 Å². The van der Waals surface area contributed by atoms with E-state index in [1.807, 2.05) is 4.57 Å². The second-order valence-corrected chi connectivity index (χ2v) is 4.03. The Morgan fingerprint density at radius 2 is 2.33 bits per heavy atom. The zero-order valence-corrected chi connectivity index (χ0v) is 8.93. The average Bonchev–Trinajstić information content (AvgIpc) is 2.77. The number of ether oxygens (including phenoxy) is 1. The molecule has 0 aliphatic carbocycles. The van der Waals surface area contributed by atoms with Gasteiger partial charge in [-0.2, -0.15) is 0 Å². The van der Waals surface area contributed by atoms with Crippen molar-refractivity contribution in [2.24, 2.45) is 5.92 Å². The highest BCUT2D eigenvalue weighted by molar-refractivity contribution is 5.71. The van der Waals surface area contributed by atoms with Crippen LogP contribution in [0, 0.1) is 5.92 Å². The maximum Gasteiger partial charge on any atom is 0.168 e. The molecular formula is C11H16N2O2. The van der Waals surface area contributed by atoms with Gasteiger partial charge in [0, 0.05) is 19.3 Å². The predicted octanol–water partition coefficient (Wildman–Crippen LogP) is 1.68. The van der Waals surface area contributed by atoms with E-state index in [1.54, 1.807) is 12.5 Å². The molecule has 0 spiro atoms. The number of aldehydes is 1. The molecular weight excluding hydrogens is 192 g/mol. The molecule has 1 aliphatic rings. The maximum atomic E-state index is 10.8. The van der Waals surface area contributed by atoms with Crippen molar-refractivity contribution in [2.75, 3.05) is 13.2 Å². The first kappa shape index (κ1) is 10.4. The van der Waals surface area contributed by atoms with Gasteiger partial charge in [-0.1, -0.05) is 0 Å². The number of carbonyl (C=O) groups excluding carboxylic acids is 1. The van der Waals surface area contributed by atoms with Gasteiger partial charge in [0.05, 0.1) is 12.5 Å². The molecule has 4 heteroatoms. The van der Waals surface area contributed by atoms with E-state index in [0.29, 0.717) is 17.7 Å². The molecule has 0 saturated carbocycles. The number of imidazole rings is 1. The lowest BCUT2D eigenvalue weighted by molar-refractivity contribution is 0.0510. The molecule has 0 radical (unpaired) electrons. The van der Waals surface area contributed by atoms with E-state index < -0.39 is 0 Å². The van der Waals surface area contributed by atoms with Crippen LogP contribution in [0.3, 0.4) is 0 Å². The molecule has 1 unspecified atom stereocenters. The summed E-state index contributed by atoms with van der Waals surface area (Å²) in [5.41, 5.74) is 0.661. The van der Waals surface area contributed by atoms with Crippen LogP contribution in [0.15, 0.2) is 12.5 Å². The first-order valence-corrected chi connectivity index (χ1v) is 5.37. The normalized spacial score (nSPS) is 20.1. The lowest BCUT2D eigenvalue weighted by atomic mass is 9.92. The van der Waals surface area contributed by atoms with Gasteiger partial charge in [0.25, 0.3) is 0 Å². The van der Waals surface area contributed by atoms with Gasteiger partial charge in [-0.3, -0.25) is 4.79 Å². The van der Waals surface area contributed by atoms with Crippen LogP contribution < -0.4 is 0 Å². The standard InChI is InChI=1S/C11H16N2O2/c1-9(10-2-4-15-5-3-10)13-8-12-6-11(13)7-14/h6-10H,2-5H2,1H3. The summed E-state index contributed by atoms with van der Waals surface area (Å²) in [6, 6.07) is 0.330. The molecule has 0 amide bonds. The van der Waals surface area contributed by atoms with Crippen molar-refractivity contribution in [3.8, 4) is 0 Å². The van der Waals surface area contributed by atoms with Gasteiger partial charge in [-0.15, -0.1) is 0 Å². The summed E-state index contributed by atoms with van der Waals surface area (Å²) in [7, 11) is 0. The number of aromatic nitrogens is 2. The fourth-order valence-electron chi connectivity index (χ4n) is 2.17. The van der Waals surface area contributed by atoms with Crippen LogP contribution in [-0.4, -0.2) is 29.1 Å². The molecule has 82 valence electrons. The molecule has 1 aromatic heterocycles. The topological polar surface area (TPSA) is 44.1 Å². The van der Waals surface area contributed by atoms with Gasteiger partial charge >= 0.3 is 0 Å². The molecule has 1 aromatic rings. The highest BCUT2D eigenvalue weighted by atomic mass is 16.5. The minimum Gasteiger partial charge on any atom is -0.381 e. The molecule has 2 heterocycles. The maximum absolute atomic E-state index is 10.8. The van der Waals surface area contributed by atoms with Crippen LogP contribution in [0.5, 0.6) is 0 Å². The minimum atomic E-state index is 0.330. The molecule has 0 bridgehead atoms. The van der Waals surface area contributed by atoms with E-state index >= 15 is 0 Å². The number of hydrogen-bond acceptors (Lipinski definition) is 3. The van der Waals surface area contributed by atoms with Gasteiger partial charge in [-0.25, -0.2) is 4.98 Å². The van der Waals surface area contributed by atoms with Gasteiger partial charge in [0.15, 0.2) is 6.29 Å². The van der Waals surface area contributed by atoms with Crippen molar-refractivity contribution in [3.05, 3.63) is 18.2 Å². The van der Waals surface area contributed by atoms with Gasteiger partial charge in [0.1, 0.15) is 5.69 Å². The first-order valence-electron chi connectivity index (χ1n) is 5.37. The quantitative estimate of drug-likeness (QED) is 0.710. The number of hydrogen-bond donors (Lipinski definition) is 0. The molecule has 1 fully saturated rings. The fourth-order valence-corrected chi connectivity index (χ4v) is 2.17. The van der Waals surface area contributed by atoms with E-state index in [0.717, 1.165) is 32.3 Å². The molecule has 15 heavy (non-hydrogen) atoms. The smallest absolute Gasteiger partial charge is 0.168 e. The molecule has 0 aromatic carbocycles. The molecule has 0 N–H and O–H groups in total. The van der Waals surface area contributed by atoms with E-state index in [2.05, 4.69) is 11.9 Å². The molecule has 1 atom stereocenters. The zero-order valence-electron chi connectivity index (χ0n) is 8.93. The zero-order chi connectivity index (χ0) is 10.7. The third kappa shape index (κ3) is 2.09. The second-order valence-electron chi connectivity index (χ2n) is 4.03. The van der Waals surface area contributed by atoms with E-state index in [9.17, 15) is 4.79 Å². The fraction of sp³-hybridized carbons (Fsp3) is 0.636. The summed E-state index contributed by atoms with van der Waals surface area (Å²) in [5, 5.41) is 0. The number of rotatable bonds is 3. The highest BCUT2D eigenvalue weighted by Crippen LogP contribution is 2.27. The van der Waals surface area contributed by atoms with Crippen LogP contribution in [0.4, 0.5) is 0 Å². The average molecular weight is 208 g/mol. The lowest BCUT2D eigenvalue weighted by Crippen LogP contribution is -2.24. The third-order valence-electron chi connectivity index (χ3n) is 3.20. The van der Waals surface area contributed by atoms with Crippen molar-refractivity contribution >= 4 is 6.29 Å². The first-order chi connectivity index (χ1) is 7.33. The molecule has 1 saturated heterocycles. The summed E-state index contributed by atoms with van der Waals surface area (Å²) in [6.45, 7) is 3.81. The number of nitrogens with zero attached hydrogens (tertiary/aromatic N) is 2. The van der Waals surface area contributed by atoms with E-state index in [4.69, 9.17) is 4.74 Å². The van der Waals surface area contributed by atoms with Crippen molar-refractivity contribution in [1.29, 1.82) is 0 Å². The Morgan fingerprint density at radius 1 is 1.60 bits per heavy atom. The Kier molecular flexibility index (Phi) is 3.16. The Morgan fingerprint density at radius 3 is 3.00 bits per heavy atom. The Hall–Kier alpha value is -1.16. The van der Waals surface area contributed by atoms with Crippen LogP contribution in [-0.2, 0) is 4.74 Å². The molecule has 4 nitrogen and oxygen atoms in total. The Labute approximate surface area is 89.3 Å². The van der Waals surface area contributed by atoms with Crippen LogP contribution >= 0.6 is 0 Å². The van der Waals surface area contributed by atoms with Gasteiger partial charge in [-0.05, 0) is 25.7 Å². The largest absolute Gasteiger partial charge is 0.381 e. The summed E-state index contributed by atoms with van der Waals surface area (Å²) in [4.78, 5) is 14.8. The van der Waals surface area contributed by atoms with Crippen LogP contribution in [0.2, 0.25) is 0 Å². The summed E-state index contributed by atoms with van der Waals surface area (Å²) < 4.78 is 7.29. The monoisotopic (exact) mass is 208 g/mol. The van der Waals surface area contributed by atoms with Crippen molar-refractivity contribution < 1.29 is 9.53 Å². The van der Waals surface area contributed by atoms with Gasteiger partial charge < -0.3 is 9.30 Å². The van der Waals surface area contributed by atoms with Crippen molar-refractivity contribution in [2.45, 2.75) is 25.8 Å². The molecule has 1 aliphatic heterocycles. The predicted molar refractivity (Wildman–Crippen MR) is 55.9 cm³/mol. The molecule has 2 rings (SSSR count). The second kappa shape index (κ2) is 4.57. The van der Waals surface area contributed by atoms with Crippen LogP contribution in [0.25, 0.3) is 0 Å². The highest BCUT2D eigenvalue weighted by Gasteiger charge is 2.22. The van der Waals surface area contributed by atoms with Gasteiger partial charge in [0.2, 0.25) is 0 Å². The lowest BCUT2D eigenvalue weighted by Gasteiger charge is -2.29. The SMILES string of the molecule is CC(C1CCOCC1)n1cncc1C=O. The Bertz CT molecular complexity index is 329. The van der Waals surface area contributed by atoms with E-state index in [1.165, 1.54) is 0 Å². The summed E-state index contributed by atoms with van der Waals surface area (Å²) >= 11 is 0. The number of carbonyl (C=O) groups is 1. The Balaban J connectivity index is 2.11. The van der Waals surface area contributed by atoms with Crippen LogP contribution in [0.1, 0.15) is 36.3 Å². The third-order valence-corrected chi connectivity index (χ3v) is 3.20. The van der Waals surface area contributed by atoms with Crippen molar-refractivity contribution in [1.82, 2.24) is 9.55 Å².